The summed E-state index contributed by atoms with van der Waals surface area (Å²) in [5.41, 5.74) is 0. The van der Waals surface area contributed by atoms with Gasteiger partial charge in [0, 0.05) is 13.3 Å². The third-order valence-electron chi connectivity index (χ3n) is 2.46. The molecule has 18 heavy (non-hydrogen) atoms. The number of amides is 1. The van der Waals surface area contributed by atoms with Crippen molar-refractivity contribution in [1.82, 2.24) is 5.32 Å². The lowest BCUT2D eigenvalue weighted by Crippen LogP contribution is -2.40. The summed E-state index contributed by atoms with van der Waals surface area (Å²) in [6.07, 6.45) is 3.12. The van der Waals surface area contributed by atoms with Crippen LogP contribution in [0.1, 0.15) is 39.0 Å². The molecule has 0 aliphatic heterocycles. The Labute approximate surface area is 107 Å². The van der Waals surface area contributed by atoms with Gasteiger partial charge in [-0.1, -0.05) is 12.8 Å². The molecule has 1 amide bonds. The zero-order chi connectivity index (χ0) is 14.0. The number of carbonyl (C=O) groups is 3. The fourth-order valence-electron chi connectivity index (χ4n) is 1.53. The number of nitrogens with one attached hydrogen (secondary N) is 1. The minimum absolute atomic E-state index is 0.235. The van der Waals surface area contributed by atoms with Gasteiger partial charge in [0.25, 0.3) is 0 Å². The van der Waals surface area contributed by atoms with Crippen LogP contribution in [0.3, 0.4) is 0 Å². The van der Waals surface area contributed by atoms with E-state index < -0.39 is 12.0 Å². The van der Waals surface area contributed by atoms with E-state index in [1.165, 1.54) is 21.1 Å². The average Bonchev–Trinajstić information content (AvgIpc) is 2.35. The molecule has 0 aliphatic rings. The summed E-state index contributed by atoms with van der Waals surface area (Å²) < 4.78 is 9.11. The van der Waals surface area contributed by atoms with Crippen LogP contribution in [0.5, 0.6) is 0 Å². The maximum atomic E-state index is 11.4. The largest absolute Gasteiger partial charge is 0.469 e. The minimum Gasteiger partial charge on any atom is -0.469 e. The third kappa shape index (κ3) is 7.65. The molecule has 6 heteroatoms. The molecular formula is C12H21NO5. The Balaban J connectivity index is 3.86. The van der Waals surface area contributed by atoms with E-state index in [4.69, 9.17) is 0 Å². The number of esters is 2. The van der Waals surface area contributed by atoms with Crippen LogP contribution >= 0.6 is 0 Å². The van der Waals surface area contributed by atoms with Crippen molar-refractivity contribution < 1.29 is 23.9 Å². The zero-order valence-electron chi connectivity index (χ0n) is 11.2. The van der Waals surface area contributed by atoms with Crippen molar-refractivity contribution in [2.75, 3.05) is 14.2 Å². The molecule has 0 saturated carbocycles. The summed E-state index contributed by atoms with van der Waals surface area (Å²) in [5, 5.41) is 2.54. The van der Waals surface area contributed by atoms with Crippen LogP contribution in [-0.2, 0) is 23.9 Å². The Morgan fingerprint density at radius 1 is 1.06 bits per heavy atom. The summed E-state index contributed by atoms with van der Waals surface area (Å²) in [6.45, 7) is 1.35. The smallest absolute Gasteiger partial charge is 0.328 e. The van der Waals surface area contributed by atoms with Gasteiger partial charge in [-0.15, -0.1) is 0 Å². The number of hydrogen-bond donors (Lipinski definition) is 1. The quantitative estimate of drug-likeness (QED) is 0.514. The highest BCUT2D eigenvalue weighted by Crippen LogP contribution is 2.07. The van der Waals surface area contributed by atoms with Crippen LogP contribution in [0, 0.1) is 0 Å². The standard InChI is InChI=1S/C12H21NO5/c1-9(14)13-10(12(16)18-3)7-5-4-6-8-11(15)17-2/h10H,4-8H2,1-3H3,(H,13,14). The van der Waals surface area contributed by atoms with Crippen LogP contribution < -0.4 is 5.32 Å². The molecule has 0 fully saturated rings. The van der Waals surface area contributed by atoms with Gasteiger partial charge in [0.05, 0.1) is 14.2 Å². The fraction of sp³-hybridized carbons (Fsp3) is 0.750. The van der Waals surface area contributed by atoms with E-state index >= 15 is 0 Å². The highest BCUT2D eigenvalue weighted by Gasteiger charge is 2.19. The molecule has 0 saturated heterocycles. The van der Waals surface area contributed by atoms with E-state index in [1.807, 2.05) is 0 Å². The molecule has 0 aromatic heterocycles. The van der Waals surface area contributed by atoms with Crippen molar-refractivity contribution >= 4 is 17.8 Å². The van der Waals surface area contributed by atoms with Gasteiger partial charge in [-0.25, -0.2) is 4.79 Å². The van der Waals surface area contributed by atoms with E-state index in [1.54, 1.807) is 0 Å². The molecule has 1 atom stereocenters. The van der Waals surface area contributed by atoms with Gasteiger partial charge in [-0.2, -0.15) is 0 Å². The van der Waals surface area contributed by atoms with Gasteiger partial charge in [-0.05, 0) is 12.8 Å². The van der Waals surface area contributed by atoms with E-state index in [2.05, 4.69) is 14.8 Å². The average molecular weight is 259 g/mol. The van der Waals surface area contributed by atoms with Crippen LogP contribution in [0.25, 0.3) is 0 Å². The number of rotatable bonds is 8. The van der Waals surface area contributed by atoms with Gasteiger partial charge in [0.15, 0.2) is 0 Å². The van der Waals surface area contributed by atoms with Crippen molar-refractivity contribution in [3.8, 4) is 0 Å². The van der Waals surface area contributed by atoms with Gasteiger partial charge in [0.1, 0.15) is 6.04 Å². The Bertz CT molecular complexity index is 290. The first-order chi connectivity index (χ1) is 8.51. The molecule has 0 heterocycles. The lowest BCUT2D eigenvalue weighted by molar-refractivity contribution is -0.145. The second-order valence-electron chi connectivity index (χ2n) is 3.95. The predicted molar refractivity (Wildman–Crippen MR) is 64.7 cm³/mol. The lowest BCUT2D eigenvalue weighted by atomic mass is 10.1. The molecule has 0 aliphatic carbocycles. The number of methoxy groups -OCH3 is 2. The van der Waals surface area contributed by atoms with Crippen LogP contribution in [0.15, 0.2) is 0 Å². The van der Waals surface area contributed by atoms with Crippen molar-refractivity contribution in [2.45, 2.75) is 45.1 Å². The molecule has 0 spiro atoms. The Morgan fingerprint density at radius 2 is 1.72 bits per heavy atom. The summed E-state index contributed by atoms with van der Waals surface area (Å²) in [5.74, 6) is -0.945. The zero-order valence-corrected chi connectivity index (χ0v) is 11.2. The first-order valence-electron chi connectivity index (χ1n) is 5.93. The first-order valence-corrected chi connectivity index (χ1v) is 5.93. The molecule has 0 radical (unpaired) electrons. The first kappa shape index (κ1) is 16.4. The summed E-state index contributed by atoms with van der Waals surface area (Å²) in [4.78, 5) is 33.1. The summed E-state index contributed by atoms with van der Waals surface area (Å²) >= 11 is 0. The highest BCUT2D eigenvalue weighted by atomic mass is 16.5. The predicted octanol–water partition coefficient (Wildman–Crippen LogP) is 0.788. The SMILES string of the molecule is COC(=O)CCCCCC(NC(C)=O)C(=O)OC. The van der Waals surface area contributed by atoms with Gasteiger partial charge < -0.3 is 14.8 Å². The van der Waals surface area contributed by atoms with Crippen LogP contribution in [0.2, 0.25) is 0 Å². The van der Waals surface area contributed by atoms with E-state index in [-0.39, 0.29) is 11.9 Å². The fourth-order valence-corrected chi connectivity index (χ4v) is 1.53. The maximum absolute atomic E-state index is 11.4. The normalized spacial score (nSPS) is 11.5. The van der Waals surface area contributed by atoms with Gasteiger partial charge >= 0.3 is 11.9 Å². The number of hydrogen-bond acceptors (Lipinski definition) is 5. The van der Waals surface area contributed by atoms with Crippen molar-refractivity contribution in [3.63, 3.8) is 0 Å². The van der Waals surface area contributed by atoms with Crippen LogP contribution in [0.4, 0.5) is 0 Å². The van der Waals surface area contributed by atoms with Crippen molar-refractivity contribution in [2.24, 2.45) is 0 Å². The van der Waals surface area contributed by atoms with E-state index in [0.29, 0.717) is 19.3 Å². The van der Waals surface area contributed by atoms with Gasteiger partial charge in [0.2, 0.25) is 5.91 Å². The van der Waals surface area contributed by atoms with Crippen molar-refractivity contribution in [3.05, 3.63) is 0 Å². The van der Waals surface area contributed by atoms with Crippen LogP contribution in [-0.4, -0.2) is 38.1 Å². The highest BCUT2D eigenvalue weighted by molar-refractivity contribution is 5.83. The molecule has 0 bridgehead atoms. The summed E-state index contributed by atoms with van der Waals surface area (Å²) in [7, 11) is 2.64. The molecule has 1 unspecified atom stereocenters. The van der Waals surface area contributed by atoms with Gasteiger partial charge in [-0.3, -0.25) is 9.59 Å². The van der Waals surface area contributed by atoms with Crippen molar-refractivity contribution in [1.29, 1.82) is 0 Å². The van der Waals surface area contributed by atoms with E-state index in [9.17, 15) is 14.4 Å². The molecule has 0 rings (SSSR count). The van der Waals surface area contributed by atoms with E-state index in [0.717, 1.165) is 12.8 Å². The topological polar surface area (TPSA) is 81.7 Å². The second-order valence-corrected chi connectivity index (χ2v) is 3.95. The lowest BCUT2D eigenvalue weighted by Gasteiger charge is -2.14. The Hall–Kier alpha value is -1.59. The Morgan fingerprint density at radius 3 is 2.22 bits per heavy atom. The maximum Gasteiger partial charge on any atom is 0.328 e. The number of ether oxygens (including phenoxy) is 2. The molecule has 0 aromatic carbocycles. The number of unbranched alkanes of at least 4 members (excludes halogenated alkanes) is 2. The molecule has 6 nitrogen and oxygen atoms in total. The monoisotopic (exact) mass is 259 g/mol. The number of carbonyl (C=O) groups excluding carboxylic acids is 3. The Kier molecular flexibility index (Phi) is 8.61. The molecule has 104 valence electrons. The molecular weight excluding hydrogens is 238 g/mol. The second kappa shape index (κ2) is 9.44. The third-order valence-corrected chi connectivity index (χ3v) is 2.46. The minimum atomic E-state index is -0.606. The molecule has 1 N–H and O–H groups in total. The molecule has 0 aromatic rings. The summed E-state index contributed by atoms with van der Waals surface area (Å²) in [6, 6.07) is -0.606.